The molecule has 1 atom stereocenters. The Morgan fingerprint density at radius 1 is 1.50 bits per heavy atom. The van der Waals surface area contributed by atoms with Crippen LogP contribution in [0.25, 0.3) is 0 Å². The fourth-order valence-corrected chi connectivity index (χ4v) is 1.34. The van der Waals surface area contributed by atoms with Crippen molar-refractivity contribution in [2.75, 3.05) is 6.54 Å². The molecule has 0 saturated heterocycles. The van der Waals surface area contributed by atoms with Gasteiger partial charge in [0.15, 0.2) is 0 Å². The van der Waals surface area contributed by atoms with Crippen LogP contribution in [0, 0.1) is 6.92 Å². The summed E-state index contributed by atoms with van der Waals surface area (Å²) in [6, 6.07) is 4.33. The Morgan fingerprint density at radius 2 is 2.29 bits per heavy atom. The lowest BCUT2D eigenvalue weighted by atomic mass is 10.2. The molecule has 1 heterocycles. The molecule has 1 rings (SSSR count). The number of rotatable bonds is 5. The average molecular weight is 193 g/mol. The molecule has 0 aliphatic rings. The van der Waals surface area contributed by atoms with Gasteiger partial charge in [-0.25, -0.2) is 0 Å². The second-order valence-corrected chi connectivity index (χ2v) is 3.48. The largest absolute Gasteiger partial charge is 0.465 e. The minimum atomic E-state index is 0.300. The Kier molecular flexibility index (Phi) is 4.47. The third-order valence-corrected chi connectivity index (χ3v) is 2.19. The Labute approximate surface area is 86.0 Å². The maximum atomic E-state index is 5.52. The van der Waals surface area contributed by atoms with Gasteiger partial charge in [-0.15, -0.1) is 0 Å². The second kappa shape index (κ2) is 5.66. The van der Waals surface area contributed by atoms with Crippen molar-refractivity contribution in [2.45, 2.75) is 33.2 Å². The summed E-state index contributed by atoms with van der Waals surface area (Å²) in [7, 11) is 0. The van der Waals surface area contributed by atoms with Gasteiger partial charge in [-0.1, -0.05) is 12.2 Å². The predicted molar refractivity (Wildman–Crippen MR) is 59.3 cm³/mol. The Bertz CT molecular complexity index is 288. The quantitative estimate of drug-likeness (QED) is 0.574. The van der Waals surface area contributed by atoms with Crippen LogP contribution in [-0.2, 0) is 0 Å². The van der Waals surface area contributed by atoms with Crippen LogP contribution >= 0.6 is 0 Å². The number of nitrogens with one attached hydrogen (secondary N) is 1. The summed E-state index contributed by atoms with van der Waals surface area (Å²) in [6.07, 6.45) is 5.30. The third kappa shape index (κ3) is 3.38. The zero-order valence-electron chi connectivity index (χ0n) is 9.21. The molecule has 1 aromatic rings. The maximum absolute atomic E-state index is 5.52. The first-order valence-electron chi connectivity index (χ1n) is 5.15. The lowest BCUT2D eigenvalue weighted by Gasteiger charge is -2.09. The van der Waals surface area contributed by atoms with E-state index in [0.29, 0.717) is 6.04 Å². The lowest BCUT2D eigenvalue weighted by Crippen LogP contribution is -2.18. The van der Waals surface area contributed by atoms with E-state index in [2.05, 4.69) is 24.4 Å². The number of aryl methyl sites for hydroxylation is 1. The van der Waals surface area contributed by atoms with Crippen molar-refractivity contribution < 1.29 is 4.42 Å². The first-order chi connectivity index (χ1) is 6.74. The van der Waals surface area contributed by atoms with Crippen LogP contribution in [0.3, 0.4) is 0 Å². The summed E-state index contributed by atoms with van der Waals surface area (Å²) in [5.74, 6) is 1.99. The van der Waals surface area contributed by atoms with E-state index in [-0.39, 0.29) is 0 Å². The molecular weight excluding hydrogens is 174 g/mol. The van der Waals surface area contributed by atoms with E-state index in [0.717, 1.165) is 24.5 Å². The molecule has 2 heteroatoms. The zero-order valence-corrected chi connectivity index (χ0v) is 9.21. The molecular formula is C12H19NO. The molecule has 0 radical (unpaired) electrons. The van der Waals surface area contributed by atoms with E-state index < -0.39 is 0 Å². The highest BCUT2D eigenvalue weighted by Gasteiger charge is 2.07. The summed E-state index contributed by atoms with van der Waals surface area (Å²) < 4.78 is 5.52. The third-order valence-electron chi connectivity index (χ3n) is 2.19. The second-order valence-electron chi connectivity index (χ2n) is 3.48. The summed E-state index contributed by atoms with van der Waals surface area (Å²) in [5, 5.41) is 3.40. The van der Waals surface area contributed by atoms with E-state index >= 15 is 0 Å². The normalized spacial score (nSPS) is 13.6. The van der Waals surface area contributed by atoms with Crippen molar-refractivity contribution in [1.82, 2.24) is 5.32 Å². The lowest BCUT2D eigenvalue weighted by molar-refractivity contribution is 0.418. The van der Waals surface area contributed by atoms with Gasteiger partial charge in [-0.3, -0.25) is 0 Å². The van der Waals surface area contributed by atoms with Crippen LogP contribution in [0.5, 0.6) is 0 Å². The van der Waals surface area contributed by atoms with E-state index in [1.165, 1.54) is 0 Å². The smallest absolute Gasteiger partial charge is 0.120 e. The highest BCUT2D eigenvalue weighted by atomic mass is 16.3. The molecule has 0 aliphatic heterocycles. The number of furan rings is 1. The first-order valence-corrected chi connectivity index (χ1v) is 5.15. The Morgan fingerprint density at radius 3 is 2.86 bits per heavy atom. The average Bonchev–Trinajstić information content (AvgIpc) is 2.59. The van der Waals surface area contributed by atoms with Gasteiger partial charge in [0.2, 0.25) is 0 Å². The van der Waals surface area contributed by atoms with Gasteiger partial charge >= 0.3 is 0 Å². The number of hydrogen-bond acceptors (Lipinski definition) is 2. The van der Waals surface area contributed by atoms with Crippen molar-refractivity contribution in [1.29, 1.82) is 0 Å². The molecule has 78 valence electrons. The topological polar surface area (TPSA) is 25.2 Å². The molecule has 1 N–H and O–H groups in total. The van der Waals surface area contributed by atoms with Gasteiger partial charge in [0.05, 0.1) is 6.04 Å². The van der Waals surface area contributed by atoms with Crippen molar-refractivity contribution in [3.05, 3.63) is 35.8 Å². The van der Waals surface area contributed by atoms with Gasteiger partial charge < -0.3 is 9.73 Å². The molecule has 0 bridgehead atoms. The van der Waals surface area contributed by atoms with Crippen LogP contribution in [0.1, 0.15) is 37.8 Å². The van der Waals surface area contributed by atoms with E-state index in [1.54, 1.807) is 0 Å². The fraction of sp³-hybridized carbons (Fsp3) is 0.500. The van der Waals surface area contributed by atoms with Crippen LogP contribution in [0.15, 0.2) is 28.7 Å². The molecule has 14 heavy (non-hydrogen) atoms. The van der Waals surface area contributed by atoms with Crippen molar-refractivity contribution in [3.8, 4) is 0 Å². The maximum Gasteiger partial charge on any atom is 0.120 e. The molecule has 0 aliphatic carbocycles. The molecule has 0 aromatic carbocycles. The molecule has 2 nitrogen and oxygen atoms in total. The minimum absolute atomic E-state index is 0.300. The van der Waals surface area contributed by atoms with E-state index in [9.17, 15) is 0 Å². The molecule has 0 spiro atoms. The minimum Gasteiger partial charge on any atom is -0.465 e. The molecule has 1 unspecified atom stereocenters. The Hall–Kier alpha value is -1.02. The summed E-state index contributed by atoms with van der Waals surface area (Å²) in [6.45, 7) is 7.12. The molecule has 0 saturated carbocycles. The van der Waals surface area contributed by atoms with Crippen LogP contribution in [-0.4, -0.2) is 6.54 Å². The highest BCUT2D eigenvalue weighted by Crippen LogP contribution is 2.15. The van der Waals surface area contributed by atoms with Gasteiger partial charge in [0.25, 0.3) is 0 Å². The van der Waals surface area contributed by atoms with Gasteiger partial charge in [0.1, 0.15) is 11.5 Å². The monoisotopic (exact) mass is 193 g/mol. The van der Waals surface area contributed by atoms with Gasteiger partial charge in [-0.05, 0) is 45.9 Å². The summed E-state index contributed by atoms with van der Waals surface area (Å²) in [5.41, 5.74) is 0. The first kappa shape index (κ1) is 11.1. The SMILES string of the molecule is C/C=C/CCNC(C)c1ccc(C)o1. The zero-order chi connectivity index (χ0) is 10.4. The van der Waals surface area contributed by atoms with Crippen LogP contribution < -0.4 is 5.32 Å². The highest BCUT2D eigenvalue weighted by molar-refractivity contribution is 5.08. The standard InChI is InChI=1S/C12H19NO/c1-4-5-6-9-13-11(3)12-8-7-10(2)14-12/h4-5,7-8,11,13H,6,9H2,1-3H3/b5-4+. The van der Waals surface area contributed by atoms with Crippen LogP contribution in [0.4, 0.5) is 0 Å². The van der Waals surface area contributed by atoms with E-state index in [4.69, 9.17) is 4.42 Å². The van der Waals surface area contributed by atoms with Gasteiger partial charge in [-0.2, -0.15) is 0 Å². The molecule has 1 aromatic heterocycles. The number of hydrogen-bond donors (Lipinski definition) is 1. The van der Waals surface area contributed by atoms with E-state index in [1.807, 2.05) is 26.0 Å². The predicted octanol–water partition coefficient (Wildman–Crippen LogP) is 3.20. The van der Waals surface area contributed by atoms with Crippen molar-refractivity contribution in [3.63, 3.8) is 0 Å². The summed E-state index contributed by atoms with van der Waals surface area (Å²) in [4.78, 5) is 0. The van der Waals surface area contributed by atoms with Crippen LogP contribution in [0.2, 0.25) is 0 Å². The van der Waals surface area contributed by atoms with Gasteiger partial charge in [0, 0.05) is 0 Å². The van der Waals surface area contributed by atoms with Crippen molar-refractivity contribution in [2.24, 2.45) is 0 Å². The van der Waals surface area contributed by atoms with Crippen molar-refractivity contribution >= 4 is 0 Å². The summed E-state index contributed by atoms with van der Waals surface area (Å²) >= 11 is 0. The number of allylic oxidation sites excluding steroid dienone is 1. The molecule has 0 amide bonds. The molecule has 0 fully saturated rings. The fourth-order valence-electron chi connectivity index (χ4n) is 1.34. The Balaban J connectivity index is 2.31.